The van der Waals surface area contributed by atoms with Crippen molar-refractivity contribution in [1.29, 1.82) is 0 Å². The zero-order valence-corrected chi connectivity index (χ0v) is 16.9. The van der Waals surface area contributed by atoms with Gasteiger partial charge in [-0.15, -0.1) is 0 Å². The van der Waals surface area contributed by atoms with Gasteiger partial charge < -0.3 is 10.6 Å². The van der Waals surface area contributed by atoms with E-state index in [-0.39, 0.29) is 28.2 Å². The van der Waals surface area contributed by atoms with Crippen molar-refractivity contribution in [2.24, 2.45) is 0 Å². The van der Waals surface area contributed by atoms with E-state index in [4.69, 9.17) is 0 Å². The molecule has 0 spiro atoms. The van der Waals surface area contributed by atoms with Crippen LogP contribution in [0, 0.1) is 24.0 Å². The fourth-order valence-electron chi connectivity index (χ4n) is 3.16. The van der Waals surface area contributed by atoms with Crippen molar-refractivity contribution in [2.75, 3.05) is 16.6 Å². The number of nitro benzene ring substituents is 1. The molecular formula is C19H22N4O5S. The molecule has 9 nitrogen and oxygen atoms in total. The molecule has 1 amide bonds. The first-order valence-electron chi connectivity index (χ1n) is 9.07. The average molecular weight is 418 g/mol. The predicted octanol–water partition coefficient (Wildman–Crippen LogP) is 2.70. The van der Waals surface area contributed by atoms with Crippen LogP contribution >= 0.6 is 0 Å². The van der Waals surface area contributed by atoms with E-state index in [1.54, 1.807) is 19.1 Å². The number of carbonyl (C=O) groups excluding carboxylic acids is 1. The van der Waals surface area contributed by atoms with Gasteiger partial charge in [-0.3, -0.25) is 19.6 Å². The van der Waals surface area contributed by atoms with E-state index in [1.165, 1.54) is 12.1 Å². The molecule has 29 heavy (non-hydrogen) atoms. The number of nitro groups is 1. The second-order valence-corrected chi connectivity index (χ2v) is 8.73. The minimum absolute atomic E-state index is 0.0588. The van der Waals surface area contributed by atoms with E-state index in [0.29, 0.717) is 25.1 Å². The summed E-state index contributed by atoms with van der Waals surface area (Å²) in [6.07, 6.45) is 0.870. The highest BCUT2D eigenvalue weighted by Gasteiger charge is 2.25. The Labute approximate surface area is 168 Å². The van der Waals surface area contributed by atoms with E-state index < -0.39 is 14.9 Å². The molecule has 3 rings (SSSR count). The van der Waals surface area contributed by atoms with E-state index in [0.717, 1.165) is 17.2 Å². The number of amides is 1. The molecule has 1 atom stereocenters. The van der Waals surface area contributed by atoms with E-state index in [9.17, 15) is 23.3 Å². The minimum atomic E-state index is -4.00. The highest BCUT2D eigenvalue weighted by atomic mass is 32.2. The van der Waals surface area contributed by atoms with Gasteiger partial charge in [-0.2, -0.15) is 0 Å². The molecule has 0 bridgehead atoms. The monoisotopic (exact) mass is 418 g/mol. The Morgan fingerprint density at radius 3 is 2.48 bits per heavy atom. The van der Waals surface area contributed by atoms with Crippen molar-refractivity contribution < 1.29 is 18.1 Å². The Bertz CT molecular complexity index is 1060. The van der Waals surface area contributed by atoms with Gasteiger partial charge in [0, 0.05) is 25.1 Å². The molecule has 2 aromatic carbocycles. The predicted molar refractivity (Wildman–Crippen MR) is 109 cm³/mol. The molecule has 1 saturated heterocycles. The van der Waals surface area contributed by atoms with Gasteiger partial charge in [0.05, 0.1) is 15.5 Å². The number of piperidine rings is 1. The summed E-state index contributed by atoms with van der Waals surface area (Å²) in [5, 5.41) is 17.2. The number of rotatable bonds is 6. The lowest BCUT2D eigenvalue weighted by molar-refractivity contribution is -0.384. The third kappa shape index (κ3) is 4.83. The Balaban J connectivity index is 1.86. The quantitative estimate of drug-likeness (QED) is 0.488. The van der Waals surface area contributed by atoms with Crippen LogP contribution in [0.3, 0.4) is 0 Å². The van der Waals surface area contributed by atoms with Gasteiger partial charge in [0.1, 0.15) is 5.69 Å². The Morgan fingerprint density at radius 2 is 1.86 bits per heavy atom. The van der Waals surface area contributed by atoms with Gasteiger partial charge in [0.2, 0.25) is 5.91 Å². The Kier molecular flexibility index (Phi) is 5.73. The fraction of sp³-hybridized carbons (Fsp3) is 0.316. The maximum absolute atomic E-state index is 12.7. The van der Waals surface area contributed by atoms with Crippen LogP contribution in [0.1, 0.15) is 24.0 Å². The number of nitrogens with zero attached hydrogens (tertiary/aromatic N) is 1. The summed E-state index contributed by atoms with van der Waals surface area (Å²) < 4.78 is 28.0. The van der Waals surface area contributed by atoms with Crippen LogP contribution in [0.15, 0.2) is 41.3 Å². The third-order valence-electron chi connectivity index (χ3n) is 4.73. The number of aryl methyl sites for hydroxylation is 2. The lowest BCUT2D eigenvalue weighted by Gasteiger charge is -2.24. The van der Waals surface area contributed by atoms with Gasteiger partial charge in [0.15, 0.2) is 0 Å². The number of benzene rings is 2. The van der Waals surface area contributed by atoms with Crippen LogP contribution in [-0.2, 0) is 14.8 Å². The van der Waals surface area contributed by atoms with Crippen LogP contribution in [0.25, 0.3) is 0 Å². The summed E-state index contributed by atoms with van der Waals surface area (Å²) in [4.78, 5) is 22.0. The van der Waals surface area contributed by atoms with Crippen molar-refractivity contribution in [3.63, 3.8) is 0 Å². The number of sulfonamides is 1. The maximum atomic E-state index is 12.7. The lowest BCUT2D eigenvalue weighted by atomic mass is 10.1. The van der Waals surface area contributed by atoms with E-state index in [2.05, 4.69) is 15.4 Å². The molecule has 0 aliphatic carbocycles. The highest BCUT2D eigenvalue weighted by molar-refractivity contribution is 7.92. The molecule has 1 aliphatic rings. The number of anilines is 2. The Hall–Kier alpha value is -3.14. The summed E-state index contributed by atoms with van der Waals surface area (Å²) in [5.74, 6) is -0.0588. The summed E-state index contributed by atoms with van der Waals surface area (Å²) in [7, 11) is -4.00. The second kappa shape index (κ2) is 8.08. The van der Waals surface area contributed by atoms with Crippen LogP contribution < -0.4 is 15.4 Å². The van der Waals surface area contributed by atoms with E-state index >= 15 is 0 Å². The number of hydrogen-bond acceptors (Lipinski definition) is 6. The molecule has 154 valence electrons. The van der Waals surface area contributed by atoms with Crippen molar-refractivity contribution in [3.8, 4) is 0 Å². The van der Waals surface area contributed by atoms with Gasteiger partial charge in [0.25, 0.3) is 15.7 Å². The molecule has 0 unspecified atom stereocenters. The third-order valence-corrected chi connectivity index (χ3v) is 6.09. The topological polar surface area (TPSA) is 130 Å². The summed E-state index contributed by atoms with van der Waals surface area (Å²) in [6, 6.07) is 8.86. The molecule has 1 fully saturated rings. The second-order valence-electron chi connectivity index (χ2n) is 7.04. The number of nitrogens with one attached hydrogen (secondary N) is 3. The van der Waals surface area contributed by atoms with Gasteiger partial charge >= 0.3 is 0 Å². The van der Waals surface area contributed by atoms with Crippen LogP contribution in [0.4, 0.5) is 17.1 Å². The zero-order chi connectivity index (χ0) is 21.2. The summed E-state index contributed by atoms with van der Waals surface area (Å²) >= 11 is 0. The largest absolute Gasteiger partial charge is 0.375 e. The summed E-state index contributed by atoms with van der Waals surface area (Å²) in [6.45, 7) is 4.03. The van der Waals surface area contributed by atoms with E-state index in [1.807, 2.05) is 13.0 Å². The molecule has 0 saturated carbocycles. The van der Waals surface area contributed by atoms with Gasteiger partial charge in [-0.1, -0.05) is 17.7 Å². The smallest absolute Gasteiger partial charge is 0.293 e. The molecule has 0 radical (unpaired) electrons. The molecule has 3 N–H and O–H groups in total. The fourth-order valence-corrected chi connectivity index (χ4v) is 4.31. The highest BCUT2D eigenvalue weighted by Crippen LogP contribution is 2.30. The minimum Gasteiger partial charge on any atom is -0.375 e. The first kappa shape index (κ1) is 20.6. The van der Waals surface area contributed by atoms with Crippen molar-refractivity contribution in [2.45, 2.75) is 37.6 Å². The average Bonchev–Trinajstić information content (AvgIpc) is 2.66. The maximum Gasteiger partial charge on any atom is 0.293 e. The first-order chi connectivity index (χ1) is 13.7. The summed E-state index contributed by atoms with van der Waals surface area (Å²) in [5.41, 5.74) is 2.03. The Morgan fingerprint density at radius 1 is 1.14 bits per heavy atom. The van der Waals surface area contributed by atoms with Gasteiger partial charge in [-0.05, 0) is 44.0 Å². The lowest BCUT2D eigenvalue weighted by Crippen LogP contribution is -2.41. The molecule has 0 aromatic heterocycles. The van der Waals surface area contributed by atoms with Crippen LogP contribution in [0.2, 0.25) is 0 Å². The molecule has 10 heteroatoms. The molecular weight excluding hydrogens is 396 g/mol. The van der Waals surface area contributed by atoms with Crippen molar-refractivity contribution in [3.05, 3.63) is 57.6 Å². The molecule has 1 aliphatic heterocycles. The zero-order valence-electron chi connectivity index (χ0n) is 16.1. The van der Waals surface area contributed by atoms with Crippen LogP contribution in [-0.4, -0.2) is 31.8 Å². The van der Waals surface area contributed by atoms with Crippen LogP contribution in [0.5, 0.6) is 0 Å². The number of carbonyl (C=O) groups is 1. The SMILES string of the molecule is Cc1ccc(NS(=O)(=O)c2ccc(N[C@@H]3CCC(=O)NC3)c([N+](=O)[O-])c2)c(C)c1. The molecule has 2 aromatic rings. The van der Waals surface area contributed by atoms with Crippen molar-refractivity contribution >= 4 is 33.0 Å². The standard InChI is InChI=1S/C19H22N4O5S/c1-12-3-6-16(13(2)9-12)22-29(27,28)15-5-7-17(18(10-15)23(25)26)21-14-4-8-19(24)20-11-14/h3,5-7,9-10,14,21-22H,4,8,11H2,1-2H3,(H,20,24)/t14-/m1/s1. The van der Waals surface area contributed by atoms with Crippen molar-refractivity contribution in [1.82, 2.24) is 5.32 Å². The van der Waals surface area contributed by atoms with Gasteiger partial charge in [-0.25, -0.2) is 8.42 Å². The normalized spacial score (nSPS) is 16.8. The molecule has 1 heterocycles. The number of hydrogen-bond donors (Lipinski definition) is 3. The first-order valence-corrected chi connectivity index (χ1v) is 10.6.